The fraction of sp³-hybridized carbons (Fsp3) is 0.500. The van der Waals surface area contributed by atoms with E-state index in [0.29, 0.717) is 19.1 Å². The van der Waals surface area contributed by atoms with Gasteiger partial charge in [-0.2, -0.15) is 4.31 Å². The second kappa shape index (κ2) is 5.50. The first kappa shape index (κ1) is 16.3. The van der Waals surface area contributed by atoms with Crippen LogP contribution < -0.4 is 5.73 Å². The predicted octanol–water partition coefficient (Wildman–Crippen LogP) is 0.477. The van der Waals surface area contributed by atoms with Gasteiger partial charge < -0.3 is 10.5 Å². The van der Waals surface area contributed by atoms with Crippen molar-refractivity contribution in [3.8, 4) is 0 Å². The molecule has 2 fully saturated rings. The number of halogens is 2. The lowest BCUT2D eigenvalue weighted by atomic mass is 9.74. The Labute approximate surface area is 132 Å². The number of nitrogens with zero attached hydrogens (tertiary/aromatic N) is 1. The summed E-state index contributed by atoms with van der Waals surface area (Å²) in [5.41, 5.74) is 4.50. The van der Waals surface area contributed by atoms with Gasteiger partial charge in [0.25, 0.3) is 0 Å². The van der Waals surface area contributed by atoms with Crippen molar-refractivity contribution in [1.82, 2.24) is 4.31 Å². The van der Waals surface area contributed by atoms with Gasteiger partial charge in [0.2, 0.25) is 15.9 Å². The zero-order valence-electron chi connectivity index (χ0n) is 12.2. The Morgan fingerprint density at radius 3 is 2.74 bits per heavy atom. The van der Waals surface area contributed by atoms with E-state index in [-0.39, 0.29) is 25.6 Å². The van der Waals surface area contributed by atoms with Crippen LogP contribution in [-0.4, -0.2) is 44.9 Å². The van der Waals surface area contributed by atoms with Crippen LogP contribution in [0.1, 0.15) is 6.42 Å². The van der Waals surface area contributed by atoms with E-state index in [4.69, 9.17) is 10.5 Å². The summed E-state index contributed by atoms with van der Waals surface area (Å²) in [5, 5.41) is 0. The summed E-state index contributed by atoms with van der Waals surface area (Å²) in [6.45, 7) is 0.441. The molecule has 23 heavy (non-hydrogen) atoms. The molecule has 0 aliphatic carbocycles. The van der Waals surface area contributed by atoms with Crippen LogP contribution in [0.2, 0.25) is 0 Å². The van der Waals surface area contributed by atoms with Gasteiger partial charge in [0.15, 0.2) is 0 Å². The molecule has 6 nitrogen and oxygen atoms in total. The van der Waals surface area contributed by atoms with Crippen molar-refractivity contribution in [3.05, 3.63) is 29.8 Å². The summed E-state index contributed by atoms with van der Waals surface area (Å²) in [6.07, 6.45) is 0.324. The third-order valence-electron chi connectivity index (χ3n) is 4.68. The first-order chi connectivity index (χ1) is 10.8. The van der Waals surface area contributed by atoms with Gasteiger partial charge in [-0.1, -0.05) is 0 Å². The second-order valence-corrected chi connectivity index (χ2v) is 7.82. The van der Waals surface area contributed by atoms with Crippen molar-refractivity contribution in [3.63, 3.8) is 0 Å². The Morgan fingerprint density at radius 1 is 1.39 bits per heavy atom. The van der Waals surface area contributed by atoms with E-state index in [1.807, 2.05) is 0 Å². The van der Waals surface area contributed by atoms with Gasteiger partial charge in [-0.3, -0.25) is 4.79 Å². The number of hydrogen-bond acceptors (Lipinski definition) is 4. The van der Waals surface area contributed by atoms with E-state index in [2.05, 4.69) is 0 Å². The summed E-state index contributed by atoms with van der Waals surface area (Å²) in [4.78, 5) is 11.3. The van der Waals surface area contributed by atoms with Crippen molar-refractivity contribution in [2.45, 2.75) is 11.3 Å². The number of primary amides is 1. The molecule has 0 radical (unpaired) electrons. The summed E-state index contributed by atoms with van der Waals surface area (Å²) >= 11 is 0. The van der Waals surface area contributed by atoms with Gasteiger partial charge in [-0.15, -0.1) is 0 Å². The third-order valence-corrected chi connectivity index (χ3v) is 6.52. The monoisotopic (exact) mass is 346 g/mol. The van der Waals surface area contributed by atoms with Gasteiger partial charge in [0.05, 0.1) is 12.0 Å². The number of fused-ring (bicyclic) bond motifs is 1. The average Bonchev–Trinajstić information content (AvgIpc) is 2.88. The Morgan fingerprint density at radius 2 is 2.13 bits per heavy atom. The van der Waals surface area contributed by atoms with Crippen molar-refractivity contribution in [2.75, 3.05) is 26.3 Å². The van der Waals surface area contributed by atoms with Gasteiger partial charge in [0.1, 0.15) is 16.5 Å². The molecular formula is C14H16F2N2O4S. The number of benzene rings is 1. The highest BCUT2D eigenvalue weighted by Gasteiger charge is 2.55. The molecular weight excluding hydrogens is 330 g/mol. The Bertz CT molecular complexity index is 755. The molecule has 2 aliphatic rings. The summed E-state index contributed by atoms with van der Waals surface area (Å²) in [6, 6.07) is 2.28. The molecule has 2 saturated heterocycles. The molecule has 0 bridgehead atoms. The lowest BCUT2D eigenvalue weighted by Crippen LogP contribution is -2.48. The van der Waals surface area contributed by atoms with Gasteiger partial charge in [0, 0.05) is 31.7 Å². The van der Waals surface area contributed by atoms with E-state index < -0.39 is 37.9 Å². The normalized spacial score (nSPS) is 28.5. The highest BCUT2D eigenvalue weighted by molar-refractivity contribution is 7.89. The van der Waals surface area contributed by atoms with Crippen LogP contribution in [0.25, 0.3) is 0 Å². The quantitative estimate of drug-likeness (QED) is 0.862. The number of carbonyl (C=O) groups excluding carboxylic acids is 1. The van der Waals surface area contributed by atoms with E-state index in [9.17, 15) is 22.0 Å². The van der Waals surface area contributed by atoms with Crippen LogP contribution in [0, 0.1) is 23.0 Å². The Kier molecular flexibility index (Phi) is 3.89. The summed E-state index contributed by atoms with van der Waals surface area (Å²) < 4.78 is 58.5. The molecule has 0 saturated carbocycles. The molecule has 0 aromatic heterocycles. The molecule has 126 valence electrons. The van der Waals surface area contributed by atoms with E-state index >= 15 is 0 Å². The lowest BCUT2D eigenvalue weighted by Gasteiger charge is -2.35. The predicted molar refractivity (Wildman–Crippen MR) is 75.7 cm³/mol. The topological polar surface area (TPSA) is 89.7 Å². The van der Waals surface area contributed by atoms with Crippen molar-refractivity contribution < 1.29 is 26.7 Å². The van der Waals surface area contributed by atoms with Crippen molar-refractivity contribution in [1.29, 1.82) is 0 Å². The van der Waals surface area contributed by atoms with Crippen LogP contribution in [0.4, 0.5) is 8.78 Å². The van der Waals surface area contributed by atoms with Gasteiger partial charge >= 0.3 is 0 Å². The van der Waals surface area contributed by atoms with Gasteiger partial charge in [-0.25, -0.2) is 17.2 Å². The highest BCUT2D eigenvalue weighted by atomic mass is 32.2. The van der Waals surface area contributed by atoms with Gasteiger partial charge in [-0.05, 0) is 18.6 Å². The maximum absolute atomic E-state index is 13.9. The Balaban J connectivity index is 1.97. The largest absolute Gasteiger partial charge is 0.381 e. The summed E-state index contributed by atoms with van der Waals surface area (Å²) in [5.74, 6) is -2.97. The molecule has 2 aliphatic heterocycles. The van der Waals surface area contributed by atoms with E-state index in [0.717, 1.165) is 16.4 Å². The molecule has 2 heterocycles. The smallest absolute Gasteiger partial charge is 0.246 e. The third kappa shape index (κ3) is 2.52. The first-order valence-corrected chi connectivity index (χ1v) is 8.54. The fourth-order valence-corrected chi connectivity index (χ4v) is 4.91. The highest BCUT2D eigenvalue weighted by Crippen LogP contribution is 2.43. The second-order valence-electron chi connectivity index (χ2n) is 5.91. The number of ether oxygens (including phenoxy) is 1. The molecule has 9 heteroatoms. The molecule has 0 spiro atoms. The maximum atomic E-state index is 13.9. The molecule has 1 aromatic carbocycles. The molecule has 0 unspecified atom stereocenters. The van der Waals surface area contributed by atoms with Crippen LogP contribution in [0.15, 0.2) is 23.1 Å². The Hall–Kier alpha value is -1.58. The van der Waals surface area contributed by atoms with Crippen LogP contribution in [0.3, 0.4) is 0 Å². The van der Waals surface area contributed by atoms with Crippen LogP contribution >= 0.6 is 0 Å². The van der Waals surface area contributed by atoms with Crippen LogP contribution in [0.5, 0.6) is 0 Å². The first-order valence-electron chi connectivity index (χ1n) is 7.10. The number of nitrogens with two attached hydrogens (primary N) is 1. The molecule has 1 amide bonds. The van der Waals surface area contributed by atoms with Crippen molar-refractivity contribution in [2.24, 2.45) is 17.1 Å². The lowest BCUT2D eigenvalue weighted by molar-refractivity contribution is -0.135. The molecule has 1 aromatic rings. The molecule has 2 N–H and O–H groups in total. The SMILES string of the molecule is NC(=O)[C@]12CCOC[C@H]1CN(S(=O)(=O)c1ccc(F)cc1F)C2. The number of rotatable bonds is 3. The number of hydrogen-bond donors (Lipinski definition) is 1. The average molecular weight is 346 g/mol. The minimum absolute atomic E-state index is 0.0160. The fourth-order valence-electron chi connectivity index (χ4n) is 3.31. The summed E-state index contributed by atoms with van der Waals surface area (Å²) in [7, 11) is -4.19. The zero-order chi connectivity index (χ0) is 16.8. The minimum Gasteiger partial charge on any atom is -0.381 e. The van der Waals surface area contributed by atoms with E-state index in [1.165, 1.54) is 0 Å². The molecule has 3 rings (SSSR count). The zero-order valence-corrected chi connectivity index (χ0v) is 13.0. The van der Waals surface area contributed by atoms with Crippen molar-refractivity contribution >= 4 is 15.9 Å². The minimum atomic E-state index is -4.19. The maximum Gasteiger partial charge on any atom is 0.246 e. The molecule has 2 atom stereocenters. The number of amides is 1. The number of carbonyl (C=O) groups is 1. The standard InChI is InChI=1S/C14H16F2N2O4S/c15-10-1-2-12(11(16)5-10)23(20,21)18-6-9-7-22-4-3-14(9,8-18)13(17)19/h1-2,5,9H,3-4,6-8H2,(H2,17,19)/t9-,14+/m1/s1. The van der Waals surface area contributed by atoms with E-state index in [1.54, 1.807) is 0 Å². The van der Waals surface area contributed by atoms with Crippen LogP contribution in [-0.2, 0) is 19.6 Å². The number of sulfonamides is 1.